The van der Waals surface area contributed by atoms with E-state index in [0.717, 1.165) is 0 Å². The number of hydrogen-bond donors (Lipinski definition) is 1. The van der Waals surface area contributed by atoms with Gasteiger partial charge in [0.05, 0.1) is 11.8 Å². The first-order chi connectivity index (χ1) is 4.95. The van der Waals surface area contributed by atoms with E-state index in [1.807, 2.05) is 6.07 Å². The summed E-state index contributed by atoms with van der Waals surface area (Å²) in [5.74, 6) is -0.115. The number of hydrogen-bond acceptors (Lipinski definition) is 3. The monoisotopic (exact) mass is 176 g/mol. The van der Waals surface area contributed by atoms with E-state index in [9.17, 15) is 8.42 Å². The molecule has 0 aliphatic rings. The van der Waals surface area contributed by atoms with Crippen molar-refractivity contribution in [2.75, 3.05) is 5.75 Å². The lowest BCUT2D eigenvalue weighted by molar-refractivity contribution is 0.585. The highest BCUT2D eigenvalue weighted by molar-refractivity contribution is 7.89. The Hall–Kier alpha value is -0.600. The van der Waals surface area contributed by atoms with Gasteiger partial charge in [-0.1, -0.05) is 0 Å². The van der Waals surface area contributed by atoms with Crippen molar-refractivity contribution in [1.29, 1.82) is 5.26 Å². The molecule has 0 spiro atoms. The van der Waals surface area contributed by atoms with Crippen LogP contribution in [0.2, 0.25) is 0 Å². The normalized spacial score (nSPS) is 13.9. The minimum Gasteiger partial charge on any atom is -0.229 e. The van der Waals surface area contributed by atoms with Crippen LogP contribution in [0, 0.1) is 17.2 Å². The van der Waals surface area contributed by atoms with Gasteiger partial charge in [-0.15, -0.1) is 0 Å². The Balaban J connectivity index is 3.53. The molecule has 0 aromatic carbocycles. The van der Waals surface area contributed by atoms with E-state index in [1.54, 1.807) is 6.92 Å². The maximum Gasteiger partial charge on any atom is 0.209 e. The van der Waals surface area contributed by atoms with Gasteiger partial charge in [-0.2, -0.15) is 5.26 Å². The second kappa shape index (κ2) is 4.31. The second-order valence-electron chi connectivity index (χ2n) is 2.54. The van der Waals surface area contributed by atoms with Crippen molar-refractivity contribution < 1.29 is 8.42 Å². The molecule has 0 aromatic rings. The van der Waals surface area contributed by atoms with Crippen molar-refractivity contribution in [3.8, 4) is 6.07 Å². The quantitative estimate of drug-likeness (QED) is 0.664. The maximum atomic E-state index is 10.4. The van der Waals surface area contributed by atoms with E-state index < -0.39 is 10.0 Å². The van der Waals surface area contributed by atoms with Gasteiger partial charge in [0.15, 0.2) is 0 Å². The van der Waals surface area contributed by atoms with Crippen molar-refractivity contribution in [2.45, 2.75) is 19.8 Å². The fourth-order valence-corrected chi connectivity index (χ4v) is 1.22. The van der Waals surface area contributed by atoms with Gasteiger partial charge in [0.1, 0.15) is 0 Å². The number of nitriles is 1. The predicted molar refractivity (Wildman–Crippen MR) is 42.0 cm³/mol. The molecule has 0 aromatic heterocycles. The first-order valence-electron chi connectivity index (χ1n) is 3.36. The van der Waals surface area contributed by atoms with E-state index in [-0.39, 0.29) is 11.7 Å². The van der Waals surface area contributed by atoms with Crippen molar-refractivity contribution in [1.82, 2.24) is 0 Å². The number of rotatable bonds is 4. The lowest BCUT2D eigenvalue weighted by atomic mass is 10.1. The summed E-state index contributed by atoms with van der Waals surface area (Å²) in [5, 5.41) is 13.1. The molecule has 0 aliphatic carbocycles. The highest BCUT2D eigenvalue weighted by Gasteiger charge is 2.04. The first kappa shape index (κ1) is 10.4. The first-order valence-corrected chi connectivity index (χ1v) is 5.07. The van der Waals surface area contributed by atoms with Crippen molar-refractivity contribution in [3.63, 3.8) is 0 Å². The molecule has 4 nitrogen and oxygen atoms in total. The van der Waals surface area contributed by atoms with Crippen molar-refractivity contribution in [3.05, 3.63) is 0 Å². The molecule has 5 heteroatoms. The zero-order chi connectivity index (χ0) is 8.91. The molecule has 2 N–H and O–H groups in total. The van der Waals surface area contributed by atoms with Crippen LogP contribution in [0.5, 0.6) is 0 Å². The molecule has 11 heavy (non-hydrogen) atoms. The summed E-state index contributed by atoms with van der Waals surface area (Å²) in [4.78, 5) is 0. The summed E-state index contributed by atoms with van der Waals surface area (Å²) in [6.45, 7) is 1.75. The zero-order valence-corrected chi connectivity index (χ0v) is 7.26. The SMILES string of the molecule is CC(C#N)CCCS(N)(=O)=O. The molecule has 0 rings (SSSR count). The molecule has 0 saturated carbocycles. The summed E-state index contributed by atoms with van der Waals surface area (Å²) in [6, 6.07) is 2.02. The Kier molecular flexibility index (Phi) is 4.08. The highest BCUT2D eigenvalue weighted by atomic mass is 32.2. The fraction of sp³-hybridized carbons (Fsp3) is 0.833. The molecule has 64 valence electrons. The molecule has 0 amide bonds. The third-order valence-corrected chi connectivity index (χ3v) is 2.14. The predicted octanol–water partition coefficient (Wildman–Crippen LogP) is 0.215. The molecule has 0 saturated heterocycles. The molecule has 0 heterocycles. The smallest absolute Gasteiger partial charge is 0.209 e. The molecular weight excluding hydrogens is 164 g/mol. The van der Waals surface area contributed by atoms with Crippen LogP contribution in [0.15, 0.2) is 0 Å². The van der Waals surface area contributed by atoms with E-state index in [0.29, 0.717) is 12.8 Å². The Morgan fingerprint density at radius 3 is 2.55 bits per heavy atom. The third kappa shape index (κ3) is 7.30. The highest BCUT2D eigenvalue weighted by Crippen LogP contribution is 2.03. The topological polar surface area (TPSA) is 83.9 Å². The maximum absolute atomic E-state index is 10.4. The van der Waals surface area contributed by atoms with Crippen LogP contribution in [0.25, 0.3) is 0 Å². The second-order valence-corrected chi connectivity index (χ2v) is 4.27. The molecule has 0 fully saturated rings. The van der Waals surface area contributed by atoms with Gasteiger partial charge in [-0.3, -0.25) is 0 Å². The lowest BCUT2D eigenvalue weighted by Gasteiger charge is -1.99. The van der Waals surface area contributed by atoms with Crippen molar-refractivity contribution in [2.24, 2.45) is 11.1 Å². The number of nitrogens with two attached hydrogens (primary N) is 1. The van der Waals surface area contributed by atoms with Gasteiger partial charge in [0.2, 0.25) is 10.0 Å². The van der Waals surface area contributed by atoms with Crippen LogP contribution in [0.3, 0.4) is 0 Å². The molecule has 1 unspecified atom stereocenters. The number of primary sulfonamides is 1. The minimum atomic E-state index is -3.34. The van der Waals surface area contributed by atoms with Gasteiger partial charge < -0.3 is 0 Å². The van der Waals surface area contributed by atoms with E-state index in [1.165, 1.54) is 0 Å². The van der Waals surface area contributed by atoms with Crippen LogP contribution in [0.1, 0.15) is 19.8 Å². The Morgan fingerprint density at radius 1 is 1.64 bits per heavy atom. The summed E-state index contributed by atoms with van der Waals surface area (Å²) < 4.78 is 20.8. The minimum absolute atomic E-state index is 0.0288. The van der Waals surface area contributed by atoms with Gasteiger partial charge in [0, 0.05) is 5.92 Å². The average Bonchev–Trinajstić information content (AvgIpc) is 1.85. The molecular formula is C6H12N2O2S. The van der Waals surface area contributed by atoms with Crippen LogP contribution in [-0.4, -0.2) is 14.2 Å². The Bertz CT molecular complexity index is 240. The third-order valence-electron chi connectivity index (χ3n) is 1.29. The van der Waals surface area contributed by atoms with E-state index in [4.69, 9.17) is 10.4 Å². The Labute approximate surface area is 67.1 Å². The standard InChI is InChI=1S/C6H12N2O2S/c1-6(5-7)3-2-4-11(8,9)10/h6H,2-4H2,1H3,(H2,8,9,10). The van der Waals surface area contributed by atoms with Gasteiger partial charge in [-0.05, 0) is 19.8 Å². The average molecular weight is 176 g/mol. The lowest BCUT2D eigenvalue weighted by Crippen LogP contribution is -2.16. The van der Waals surface area contributed by atoms with Gasteiger partial charge in [-0.25, -0.2) is 13.6 Å². The summed E-state index contributed by atoms with van der Waals surface area (Å²) in [7, 11) is -3.34. The number of sulfonamides is 1. The summed E-state index contributed by atoms with van der Waals surface area (Å²) in [6.07, 6.45) is 1.06. The van der Waals surface area contributed by atoms with Gasteiger partial charge >= 0.3 is 0 Å². The zero-order valence-electron chi connectivity index (χ0n) is 6.45. The molecule has 1 atom stereocenters. The molecule has 0 aliphatic heterocycles. The van der Waals surface area contributed by atoms with Crippen LogP contribution >= 0.6 is 0 Å². The fourth-order valence-electron chi connectivity index (χ4n) is 0.655. The largest absolute Gasteiger partial charge is 0.229 e. The summed E-state index contributed by atoms with van der Waals surface area (Å²) in [5.41, 5.74) is 0. The van der Waals surface area contributed by atoms with Crippen LogP contribution in [-0.2, 0) is 10.0 Å². The molecule has 0 bridgehead atoms. The van der Waals surface area contributed by atoms with Crippen LogP contribution in [0.4, 0.5) is 0 Å². The van der Waals surface area contributed by atoms with E-state index >= 15 is 0 Å². The summed E-state index contributed by atoms with van der Waals surface area (Å²) >= 11 is 0. The van der Waals surface area contributed by atoms with E-state index in [2.05, 4.69) is 0 Å². The van der Waals surface area contributed by atoms with Crippen LogP contribution < -0.4 is 5.14 Å². The van der Waals surface area contributed by atoms with Crippen molar-refractivity contribution >= 4 is 10.0 Å². The molecule has 0 radical (unpaired) electrons. The van der Waals surface area contributed by atoms with Gasteiger partial charge in [0.25, 0.3) is 0 Å². The Morgan fingerprint density at radius 2 is 2.18 bits per heavy atom. The number of nitrogens with zero attached hydrogens (tertiary/aromatic N) is 1.